The molecule has 0 saturated heterocycles. The van der Waals surface area contributed by atoms with Gasteiger partial charge in [0, 0.05) is 43.1 Å². The smallest absolute Gasteiger partial charge is 0.254 e. The molecule has 0 radical (unpaired) electrons. The van der Waals surface area contributed by atoms with Crippen molar-refractivity contribution in [2.24, 2.45) is 12.8 Å². The molecule has 1 aliphatic heterocycles. The van der Waals surface area contributed by atoms with Crippen LogP contribution in [0.3, 0.4) is 0 Å². The molecule has 5 nitrogen and oxygen atoms in total. The van der Waals surface area contributed by atoms with Gasteiger partial charge in [0.2, 0.25) is 0 Å². The first-order chi connectivity index (χ1) is 14.5. The highest BCUT2D eigenvalue weighted by Crippen LogP contribution is 2.30. The van der Waals surface area contributed by atoms with Crippen molar-refractivity contribution in [3.05, 3.63) is 76.7 Å². The average Bonchev–Trinajstić information content (AvgIpc) is 3.26. The fourth-order valence-corrected chi connectivity index (χ4v) is 4.51. The molecule has 156 valence electrons. The summed E-state index contributed by atoms with van der Waals surface area (Å²) in [6.45, 7) is 0.831. The number of nitrogens with zero attached hydrogens (tertiary/aromatic N) is 3. The first-order valence-electron chi connectivity index (χ1n) is 9.90. The minimum Gasteiger partial charge on any atom is -0.330 e. The summed E-state index contributed by atoms with van der Waals surface area (Å²) in [5.41, 5.74) is 11.7. The van der Waals surface area contributed by atoms with Gasteiger partial charge in [-0.15, -0.1) is 0 Å². The summed E-state index contributed by atoms with van der Waals surface area (Å²) in [7, 11) is 1.94. The molecule has 1 amide bonds. The van der Waals surface area contributed by atoms with Crippen molar-refractivity contribution < 1.29 is 9.18 Å². The van der Waals surface area contributed by atoms with Crippen LogP contribution in [-0.4, -0.2) is 39.4 Å². The molecule has 3 aromatic rings. The van der Waals surface area contributed by atoms with E-state index in [0.29, 0.717) is 25.1 Å². The summed E-state index contributed by atoms with van der Waals surface area (Å²) in [4.78, 5) is 14.8. The number of benzene rings is 2. The van der Waals surface area contributed by atoms with Crippen LogP contribution in [0.2, 0.25) is 0 Å². The molecule has 1 aliphatic rings. The Hall–Kier alpha value is -2.64. The molecule has 0 aliphatic carbocycles. The van der Waals surface area contributed by atoms with E-state index in [-0.39, 0.29) is 17.8 Å². The molecular weight excluding hydrogens is 399 g/mol. The quantitative estimate of drug-likeness (QED) is 0.629. The molecule has 0 fully saturated rings. The molecule has 1 aromatic heterocycles. The Kier molecular flexibility index (Phi) is 5.92. The second-order valence-electron chi connectivity index (χ2n) is 7.61. The predicted octanol–water partition coefficient (Wildman–Crippen LogP) is 3.62. The number of halogens is 1. The van der Waals surface area contributed by atoms with E-state index in [1.54, 1.807) is 17.8 Å². The minimum atomic E-state index is -0.277. The molecule has 0 saturated carbocycles. The first-order valence-corrected chi connectivity index (χ1v) is 11.3. The Morgan fingerprint density at radius 1 is 1.23 bits per heavy atom. The van der Waals surface area contributed by atoms with Crippen LogP contribution in [0.4, 0.5) is 4.39 Å². The second-order valence-corrected chi connectivity index (χ2v) is 8.47. The fourth-order valence-electron chi connectivity index (χ4n) is 4.07. The summed E-state index contributed by atoms with van der Waals surface area (Å²) in [5.74, 6) is 0.570. The van der Waals surface area contributed by atoms with E-state index >= 15 is 0 Å². The number of carbonyl (C=O) groups is 1. The van der Waals surface area contributed by atoms with E-state index < -0.39 is 0 Å². The summed E-state index contributed by atoms with van der Waals surface area (Å²) >= 11 is 1.74. The van der Waals surface area contributed by atoms with Crippen molar-refractivity contribution in [2.45, 2.75) is 24.8 Å². The molecule has 2 aromatic carbocycles. The van der Waals surface area contributed by atoms with Crippen molar-refractivity contribution >= 4 is 17.7 Å². The lowest BCUT2D eigenvalue weighted by molar-refractivity contribution is 0.0708. The standard InChI is InChI=1S/C23H25FN4OS/c1-27-22(11-19(26-27)14-30-2)16-6-7-21-17(10-16)13-28(23(21)29)20(12-25)9-15-4-3-5-18(24)8-15/h3-8,10-11,20H,9,12-14,25H2,1-2H3/t20-/m0/s1. The monoisotopic (exact) mass is 424 g/mol. The zero-order valence-electron chi connectivity index (χ0n) is 17.1. The van der Waals surface area contributed by atoms with Gasteiger partial charge < -0.3 is 10.6 Å². The van der Waals surface area contributed by atoms with Crippen LogP contribution < -0.4 is 5.73 Å². The molecule has 0 spiro atoms. The van der Waals surface area contributed by atoms with Crippen molar-refractivity contribution in [3.63, 3.8) is 0 Å². The van der Waals surface area contributed by atoms with E-state index in [4.69, 9.17) is 5.73 Å². The van der Waals surface area contributed by atoms with Gasteiger partial charge in [0.1, 0.15) is 5.82 Å². The van der Waals surface area contributed by atoms with Crippen LogP contribution in [-0.2, 0) is 25.8 Å². The van der Waals surface area contributed by atoms with Gasteiger partial charge in [-0.3, -0.25) is 9.48 Å². The van der Waals surface area contributed by atoms with E-state index in [2.05, 4.69) is 23.5 Å². The van der Waals surface area contributed by atoms with Gasteiger partial charge in [-0.05, 0) is 54.1 Å². The third kappa shape index (κ3) is 4.00. The summed E-state index contributed by atoms with van der Waals surface area (Å²) in [6.07, 6.45) is 2.59. The minimum absolute atomic E-state index is 0.0171. The molecular formula is C23H25FN4OS. The van der Waals surface area contributed by atoms with E-state index in [1.807, 2.05) is 34.8 Å². The zero-order chi connectivity index (χ0) is 21.3. The highest BCUT2D eigenvalue weighted by Gasteiger charge is 2.32. The van der Waals surface area contributed by atoms with Crippen LogP contribution in [0.15, 0.2) is 48.5 Å². The van der Waals surface area contributed by atoms with Crippen molar-refractivity contribution in [1.82, 2.24) is 14.7 Å². The van der Waals surface area contributed by atoms with E-state index in [1.165, 1.54) is 12.1 Å². The SMILES string of the molecule is CSCc1cc(-c2ccc3c(c2)CN([C@H](CN)Cc2cccc(F)c2)C3=O)n(C)n1. The number of carbonyl (C=O) groups excluding carboxylic acids is 1. The number of aryl methyl sites for hydroxylation is 1. The lowest BCUT2D eigenvalue weighted by Crippen LogP contribution is -2.42. The Morgan fingerprint density at radius 2 is 2.07 bits per heavy atom. The number of amides is 1. The average molecular weight is 425 g/mol. The number of thioether (sulfide) groups is 1. The van der Waals surface area contributed by atoms with Gasteiger partial charge in [0.05, 0.1) is 11.4 Å². The highest BCUT2D eigenvalue weighted by molar-refractivity contribution is 7.97. The number of hydrogen-bond donors (Lipinski definition) is 1. The maximum Gasteiger partial charge on any atom is 0.254 e. The number of fused-ring (bicyclic) bond motifs is 1. The molecule has 2 heterocycles. The van der Waals surface area contributed by atoms with Crippen LogP contribution in [0.5, 0.6) is 0 Å². The molecule has 0 bridgehead atoms. The largest absolute Gasteiger partial charge is 0.330 e. The van der Waals surface area contributed by atoms with Gasteiger partial charge in [-0.1, -0.05) is 18.2 Å². The normalized spacial score (nSPS) is 14.3. The highest BCUT2D eigenvalue weighted by atomic mass is 32.2. The van der Waals surface area contributed by atoms with E-state index in [9.17, 15) is 9.18 Å². The van der Waals surface area contributed by atoms with Crippen molar-refractivity contribution in [2.75, 3.05) is 12.8 Å². The van der Waals surface area contributed by atoms with Crippen LogP contribution in [0.1, 0.15) is 27.2 Å². The van der Waals surface area contributed by atoms with Gasteiger partial charge in [0.15, 0.2) is 0 Å². The fraction of sp³-hybridized carbons (Fsp3) is 0.304. The number of hydrogen-bond acceptors (Lipinski definition) is 4. The van der Waals surface area contributed by atoms with Gasteiger partial charge in [-0.2, -0.15) is 16.9 Å². The van der Waals surface area contributed by atoms with Gasteiger partial charge in [0.25, 0.3) is 5.91 Å². The number of rotatable bonds is 7. The predicted molar refractivity (Wildman–Crippen MR) is 119 cm³/mol. The third-order valence-electron chi connectivity index (χ3n) is 5.53. The topological polar surface area (TPSA) is 64.2 Å². The molecule has 7 heteroatoms. The number of aromatic nitrogens is 2. The van der Waals surface area contributed by atoms with Crippen LogP contribution >= 0.6 is 11.8 Å². The zero-order valence-corrected chi connectivity index (χ0v) is 18.0. The Balaban J connectivity index is 1.58. The lowest BCUT2D eigenvalue weighted by Gasteiger charge is -2.26. The Bertz CT molecular complexity index is 1080. The van der Waals surface area contributed by atoms with Crippen molar-refractivity contribution in [3.8, 4) is 11.3 Å². The van der Waals surface area contributed by atoms with Crippen molar-refractivity contribution in [1.29, 1.82) is 0 Å². The van der Waals surface area contributed by atoms with Gasteiger partial charge >= 0.3 is 0 Å². The summed E-state index contributed by atoms with van der Waals surface area (Å²) in [5, 5.41) is 4.57. The van der Waals surface area contributed by atoms with Crippen LogP contribution in [0.25, 0.3) is 11.3 Å². The lowest BCUT2D eigenvalue weighted by atomic mass is 10.0. The Labute approximate surface area is 180 Å². The Morgan fingerprint density at radius 3 is 2.80 bits per heavy atom. The third-order valence-corrected chi connectivity index (χ3v) is 6.11. The molecule has 2 N–H and O–H groups in total. The summed E-state index contributed by atoms with van der Waals surface area (Å²) < 4.78 is 15.4. The first kappa shape index (κ1) is 20.6. The number of nitrogens with two attached hydrogens (primary N) is 1. The molecule has 1 atom stereocenters. The molecule has 4 rings (SSSR count). The van der Waals surface area contributed by atoms with E-state index in [0.717, 1.165) is 33.8 Å². The summed E-state index contributed by atoms with van der Waals surface area (Å²) in [6, 6.07) is 14.3. The van der Waals surface area contributed by atoms with Gasteiger partial charge in [-0.25, -0.2) is 4.39 Å². The maximum absolute atomic E-state index is 13.6. The van der Waals surface area contributed by atoms with Crippen LogP contribution in [0, 0.1) is 5.82 Å². The molecule has 0 unspecified atom stereocenters. The maximum atomic E-state index is 13.6. The molecule has 30 heavy (non-hydrogen) atoms. The second kappa shape index (κ2) is 8.62.